The Labute approximate surface area is 118 Å². The zero-order chi connectivity index (χ0) is 14.9. The first-order chi connectivity index (χ1) is 9.47. The molecule has 4 heteroatoms. The van der Waals surface area contributed by atoms with Gasteiger partial charge in [-0.25, -0.2) is 0 Å². The number of benzene rings is 1. The molecule has 0 aliphatic rings. The molecule has 1 aromatic carbocycles. The molecular formula is C16H20N2O2. The zero-order valence-corrected chi connectivity index (χ0v) is 12.4. The normalized spacial score (nSPS) is 12.4. The number of fused-ring (bicyclic) bond motifs is 1. The number of aryl methyl sites for hydroxylation is 1. The third kappa shape index (κ3) is 2.33. The zero-order valence-electron chi connectivity index (χ0n) is 12.4. The summed E-state index contributed by atoms with van der Waals surface area (Å²) in [5, 5.41) is 3.56. The number of nitrogens with one attached hydrogen (secondary N) is 1. The predicted molar refractivity (Wildman–Crippen MR) is 79.9 cm³/mol. The Bertz CT molecular complexity index is 670. The summed E-state index contributed by atoms with van der Waals surface area (Å²) in [5.74, 6) is -0.988. The molecule has 0 saturated heterocycles. The van der Waals surface area contributed by atoms with Gasteiger partial charge in [0, 0.05) is 29.7 Å². The molecule has 106 valence electrons. The first kappa shape index (κ1) is 14.3. The number of hydrogen-bond acceptors (Lipinski definition) is 2. The van der Waals surface area contributed by atoms with Crippen molar-refractivity contribution in [2.45, 2.75) is 33.2 Å². The molecule has 2 rings (SSSR count). The highest BCUT2D eigenvalue weighted by Gasteiger charge is 2.24. The second-order valence-electron chi connectivity index (χ2n) is 5.15. The summed E-state index contributed by atoms with van der Waals surface area (Å²) >= 11 is 0. The van der Waals surface area contributed by atoms with Crippen molar-refractivity contribution in [3.8, 4) is 0 Å². The lowest BCUT2D eigenvalue weighted by Gasteiger charge is -2.10. The van der Waals surface area contributed by atoms with E-state index in [1.54, 1.807) is 0 Å². The Morgan fingerprint density at radius 1 is 1.30 bits per heavy atom. The van der Waals surface area contributed by atoms with E-state index in [1.165, 1.54) is 0 Å². The minimum Gasteiger partial charge on any atom is -0.347 e. The van der Waals surface area contributed by atoms with Crippen molar-refractivity contribution in [1.29, 1.82) is 0 Å². The quantitative estimate of drug-likeness (QED) is 0.687. The molecule has 0 bridgehead atoms. The summed E-state index contributed by atoms with van der Waals surface area (Å²) in [6.07, 6.45) is 0.799. The molecular weight excluding hydrogens is 252 g/mol. The van der Waals surface area contributed by atoms with E-state index in [4.69, 9.17) is 0 Å². The molecule has 0 aliphatic carbocycles. The van der Waals surface area contributed by atoms with Crippen LogP contribution in [0.1, 0.15) is 36.3 Å². The fraction of sp³-hybridized carbons (Fsp3) is 0.375. The minimum absolute atomic E-state index is 0.00160. The molecule has 4 nitrogen and oxygen atoms in total. The second-order valence-corrected chi connectivity index (χ2v) is 5.15. The van der Waals surface area contributed by atoms with Gasteiger partial charge in [0.1, 0.15) is 0 Å². The first-order valence-corrected chi connectivity index (χ1v) is 6.86. The molecule has 20 heavy (non-hydrogen) atoms. The van der Waals surface area contributed by atoms with E-state index in [2.05, 4.69) is 5.32 Å². The fourth-order valence-corrected chi connectivity index (χ4v) is 2.31. The van der Waals surface area contributed by atoms with E-state index in [0.717, 1.165) is 23.0 Å². The van der Waals surface area contributed by atoms with Gasteiger partial charge in [0.15, 0.2) is 0 Å². The SMILES string of the molecule is CCC(C)NC(=O)C(=O)c1c(C)n(C)c2ccccc12. The number of para-hydroxylation sites is 1. The number of carbonyl (C=O) groups is 2. The monoisotopic (exact) mass is 272 g/mol. The summed E-state index contributed by atoms with van der Waals surface area (Å²) in [4.78, 5) is 24.5. The second kappa shape index (κ2) is 5.49. The van der Waals surface area contributed by atoms with Crippen LogP contribution in [0.15, 0.2) is 24.3 Å². The molecule has 0 spiro atoms. The average molecular weight is 272 g/mol. The molecule has 1 unspecified atom stereocenters. The van der Waals surface area contributed by atoms with Crippen LogP contribution in [0.3, 0.4) is 0 Å². The maximum atomic E-state index is 12.4. The maximum absolute atomic E-state index is 12.4. The van der Waals surface area contributed by atoms with Crippen LogP contribution in [0.5, 0.6) is 0 Å². The van der Waals surface area contributed by atoms with Gasteiger partial charge in [-0.1, -0.05) is 25.1 Å². The highest BCUT2D eigenvalue weighted by Crippen LogP contribution is 2.25. The van der Waals surface area contributed by atoms with Gasteiger partial charge in [0.2, 0.25) is 0 Å². The van der Waals surface area contributed by atoms with Gasteiger partial charge in [-0.15, -0.1) is 0 Å². The lowest BCUT2D eigenvalue weighted by atomic mass is 10.1. The van der Waals surface area contributed by atoms with Gasteiger partial charge in [-0.2, -0.15) is 0 Å². The number of amides is 1. The standard InChI is InChI=1S/C16H20N2O2/c1-5-10(2)17-16(20)15(19)14-11(3)18(4)13-9-7-6-8-12(13)14/h6-10H,5H2,1-4H3,(H,17,20). The number of ketones is 1. The molecule has 1 aromatic heterocycles. The Balaban J connectivity index is 2.45. The Hall–Kier alpha value is -2.10. The highest BCUT2D eigenvalue weighted by atomic mass is 16.2. The van der Waals surface area contributed by atoms with E-state index in [0.29, 0.717) is 5.56 Å². The number of nitrogens with zero attached hydrogens (tertiary/aromatic N) is 1. The third-order valence-electron chi connectivity index (χ3n) is 3.82. The number of hydrogen-bond donors (Lipinski definition) is 1. The van der Waals surface area contributed by atoms with Crippen LogP contribution in [-0.2, 0) is 11.8 Å². The van der Waals surface area contributed by atoms with Crippen LogP contribution >= 0.6 is 0 Å². The molecule has 1 amide bonds. The Morgan fingerprint density at radius 2 is 1.95 bits per heavy atom. The van der Waals surface area contributed by atoms with E-state index < -0.39 is 11.7 Å². The molecule has 0 saturated carbocycles. The summed E-state index contributed by atoms with van der Waals surface area (Å²) in [6, 6.07) is 7.64. The average Bonchev–Trinajstić information content (AvgIpc) is 2.70. The van der Waals surface area contributed by atoms with Gasteiger partial charge in [0.25, 0.3) is 11.7 Å². The van der Waals surface area contributed by atoms with Crippen LogP contribution in [0.2, 0.25) is 0 Å². The minimum atomic E-state index is -0.529. The summed E-state index contributed by atoms with van der Waals surface area (Å²) in [6.45, 7) is 5.73. The van der Waals surface area contributed by atoms with Crippen molar-refractivity contribution in [2.24, 2.45) is 7.05 Å². The number of aromatic nitrogens is 1. The van der Waals surface area contributed by atoms with Crippen molar-refractivity contribution >= 4 is 22.6 Å². The number of rotatable bonds is 4. The lowest BCUT2D eigenvalue weighted by Crippen LogP contribution is -2.37. The van der Waals surface area contributed by atoms with E-state index >= 15 is 0 Å². The fourth-order valence-electron chi connectivity index (χ4n) is 2.31. The topological polar surface area (TPSA) is 51.1 Å². The summed E-state index contributed by atoms with van der Waals surface area (Å²) in [7, 11) is 1.90. The largest absolute Gasteiger partial charge is 0.347 e. The number of Topliss-reactive ketones (excluding diaryl/α,β-unsaturated/α-hetero) is 1. The maximum Gasteiger partial charge on any atom is 0.292 e. The van der Waals surface area contributed by atoms with Gasteiger partial charge in [0.05, 0.1) is 5.56 Å². The smallest absolute Gasteiger partial charge is 0.292 e. The van der Waals surface area contributed by atoms with E-state index in [-0.39, 0.29) is 6.04 Å². The van der Waals surface area contributed by atoms with E-state index in [1.807, 2.05) is 56.7 Å². The van der Waals surface area contributed by atoms with Crippen LogP contribution in [0, 0.1) is 6.92 Å². The molecule has 0 fully saturated rings. The van der Waals surface area contributed by atoms with Crippen LogP contribution in [-0.4, -0.2) is 22.3 Å². The molecule has 2 aromatic rings. The van der Waals surface area contributed by atoms with Gasteiger partial charge in [-0.3, -0.25) is 9.59 Å². The summed E-state index contributed by atoms with van der Waals surface area (Å²) in [5.41, 5.74) is 2.28. The van der Waals surface area contributed by atoms with Crippen LogP contribution in [0.4, 0.5) is 0 Å². The molecule has 1 N–H and O–H groups in total. The lowest BCUT2D eigenvalue weighted by molar-refractivity contribution is -0.117. The van der Waals surface area contributed by atoms with Gasteiger partial charge < -0.3 is 9.88 Å². The van der Waals surface area contributed by atoms with Crippen molar-refractivity contribution in [3.05, 3.63) is 35.5 Å². The first-order valence-electron chi connectivity index (χ1n) is 6.86. The predicted octanol–water partition coefficient (Wildman–Crippen LogP) is 2.58. The van der Waals surface area contributed by atoms with Crippen molar-refractivity contribution < 1.29 is 9.59 Å². The van der Waals surface area contributed by atoms with Crippen molar-refractivity contribution in [1.82, 2.24) is 9.88 Å². The Kier molecular flexibility index (Phi) is 3.93. The molecule has 0 aliphatic heterocycles. The van der Waals surface area contributed by atoms with Crippen molar-refractivity contribution in [2.75, 3.05) is 0 Å². The van der Waals surface area contributed by atoms with Gasteiger partial charge >= 0.3 is 0 Å². The molecule has 0 radical (unpaired) electrons. The van der Waals surface area contributed by atoms with Crippen molar-refractivity contribution in [3.63, 3.8) is 0 Å². The summed E-state index contributed by atoms with van der Waals surface area (Å²) < 4.78 is 1.94. The highest BCUT2D eigenvalue weighted by molar-refractivity contribution is 6.45. The number of carbonyl (C=O) groups excluding carboxylic acids is 2. The molecule has 1 atom stereocenters. The van der Waals surface area contributed by atoms with Gasteiger partial charge in [-0.05, 0) is 26.3 Å². The van der Waals surface area contributed by atoms with Crippen LogP contribution in [0.25, 0.3) is 10.9 Å². The molecule has 1 heterocycles. The van der Waals surface area contributed by atoms with E-state index in [9.17, 15) is 9.59 Å². The third-order valence-corrected chi connectivity index (χ3v) is 3.82. The van der Waals surface area contributed by atoms with Crippen LogP contribution < -0.4 is 5.32 Å². The Morgan fingerprint density at radius 3 is 2.60 bits per heavy atom.